The summed E-state index contributed by atoms with van der Waals surface area (Å²) in [5.41, 5.74) is 1.41. The van der Waals surface area contributed by atoms with Crippen LogP contribution in [0.15, 0.2) is 52.4 Å². The molecule has 0 bridgehead atoms. The van der Waals surface area contributed by atoms with E-state index in [-0.39, 0.29) is 18.1 Å². The van der Waals surface area contributed by atoms with Gasteiger partial charge in [-0.2, -0.15) is 0 Å². The Bertz CT molecular complexity index is 735. The molecule has 3 aromatic rings. The number of aromatic nitrogens is 1. The number of benzene rings is 1. The fraction of sp³-hybridized carbons (Fsp3) is 0.0667. The molecule has 6 heteroatoms. The highest BCUT2D eigenvalue weighted by molar-refractivity contribution is 7.13. The van der Waals surface area contributed by atoms with Gasteiger partial charge in [-0.25, -0.2) is 4.39 Å². The van der Waals surface area contributed by atoms with Gasteiger partial charge in [0, 0.05) is 6.07 Å². The quantitative estimate of drug-likeness (QED) is 0.799. The van der Waals surface area contributed by atoms with Crippen LogP contribution in [0, 0.1) is 5.82 Å². The van der Waals surface area contributed by atoms with Gasteiger partial charge in [0.1, 0.15) is 11.5 Å². The van der Waals surface area contributed by atoms with Crippen molar-refractivity contribution < 1.29 is 13.7 Å². The van der Waals surface area contributed by atoms with E-state index in [4.69, 9.17) is 4.52 Å². The molecule has 0 radical (unpaired) electrons. The van der Waals surface area contributed by atoms with Gasteiger partial charge < -0.3 is 4.52 Å². The molecule has 0 saturated heterocycles. The van der Waals surface area contributed by atoms with Gasteiger partial charge >= 0.3 is 0 Å². The summed E-state index contributed by atoms with van der Waals surface area (Å²) in [5, 5.41) is 8.47. The molecule has 106 valence electrons. The molecule has 0 atom stereocenters. The average Bonchev–Trinajstić information content (AvgIpc) is 3.12. The molecule has 1 amide bonds. The highest BCUT2D eigenvalue weighted by atomic mass is 32.1. The van der Waals surface area contributed by atoms with Crippen LogP contribution in [0.4, 0.5) is 10.3 Å². The van der Waals surface area contributed by atoms with Gasteiger partial charge in [0.2, 0.25) is 11.8 Å². The zero-order valence-electron chi connectivity index (χ0n) is 10.9. The summed E-state index contributed by atoms with van der Waals surface area (Å²) >= 11 is 1.54. The van der Waals surface area contributed by atoms with E-state index >= 15 is 0 Å². The van der Waals surface area contributed by atoms with Crippen molar-refractivity contribution in [3.05, 3.63) is 59.2 Å². The van der Waals surface area contributed by atoms with Gasteiger partial charge in [-0.1, -0.05) is 23.4 Å². The zero-order chi connectivity index (χ0) is 14.7. The maximum Gasteiger partial charge on any atom is 0.231 e. The Morgan fingerprint density at radius 2 is 2.10 bits per heavy atom. The van der Waals surface area contributed by atoms with Crippen LogP contribution in [0.2, 0.25) is 0 Å². The first-order valence-corrected chi connectivity index (χ1v) is 7.13. The fourth-order valence-electron chi connectivity index (χ4n) is 1.84. The number of nitrogens with one attached hydrogen (secondary N) is 1. The second kappa shape index (κ2) is 5.88. The minimum Gasteiger partial charge on any atom is -0.338 e. The Kier molecular flexibility index (Phi) is 3.79. The SMILES string of the molecule is O=C(Cc1ccc(F)cc1)Nc1cc(-c2cccs2)no1. The van der Waals surface area contributed by atoms with E-state index in [0.717, 1.165) is 10.4 Å². The highest BCUT2D eigenvalue weighted by Crippen LogP contribution is 2.25. The molecule has 4 nitrogen and oxygen atoms in total. The van der Waals surface area contributed by atoms with Crippen molar-refractivity contribution in [1.29, 1.82) is 0 Å². The van der Waals surface area contributed by atoms with Crippen molar-refractivity contribution in [2.75, 3.05) is 5.32 Å². The van der Waals surface area contributed by atoms with E-state index in [9.17, 15) is 9.18 Å². The molecule has 0 spiro atoms. The van der Waals surface area contributed by atoms with Crippen LogP contribution in [0.1, 0.15) is 5.56 Å². The number of rotatable bonds is 4. The van der Waals surface area contributed by atoms with Gasteiger partial charge in [-0.15, -0.1) is 11.3 Å². The number of hydrogen-bond donors (Lipinski definition) is 1. The van der Waals surface area contributed by atoms with Crippen molar-refractivity contribution in [1.82, 2.24) is 5.16 Å². The summed E-state index contributed by atoms with van der Waals surface area (Å²) in [4.78, 5) is 12.8. The molecule has 0 unspecified atom stereocenters. The normalized spacial score (nSPS) is 10.5. The first kappa shape index (κ1) is 13.5. The lowest BCUT2D eigenvalue weighted by Gasteiger charge is -2.01. The Balaban J connectivity index is 1.64. The van der Waals surface area contributed by atoms with Crippen LogP contribution in [-0.4, -0.2) is 11.1 Å². The van der Waals surface area contributed by atoms with E-state index in [2.05, 4.69) is 10.5 Å². The molecule has 0 aliphatic heterocycles. The number of thiophene rings is 1. The van der Waals surface area contributed by atoms with Gasteiger partial charge in [0.15, 0.2) is 0 Å². The van der Waals surface area contributed by atoms with E-state index in [1.54, 1.807) is 29.5 Å². The fourth-order valence-corrected chi connectivity index (χ4v) is 2.52. The first-order valence-electron chi connectivity index (χ1n) is 6.25. The van der Waals surface area contributed by atoms with Crippen LogP contribution < -0.4 is 5.32 Å². The summed E-state index contributed by atoms with van der Waals surface area (Å²) < 4.78 is 17.9. The monoisotopic (exact) mass is 302 g/mol. The van der Waals surface area contributed by atoms with Crippen LogP contribution in [0.3, 0.4) is 0 Å². The van der Waals surface area contributed by atoms with Crippen molar-refractivity contribution >= 4 is 23.1 Å². The molecule has 0 aliphatic carbocycles. The summed E-state index contributed by atoms with van der Waals surface area (Å²) in [6, 6.07) is 11.3. The van der Waals surface area contributed by atoms with Crippen molar-refractivity contribution in [2.24, 2.45) is 0 Å². The molecule has 2 heterocycles. The topological polar surface area (TPSA) is 55.1 Å². The Labute approximate surface area is 124 Å². The van der Waals surface area contributed by atoms with Crippen molar-refractivity contribution in [3.8, 4) is 10.6 Å². The number of carbonyl (C=O) groups excluding carboxylic acids is 1. The van der Waals surface area contributed by atoms with E-state index < -0.39 is 0 Å². The van der Waals surface area contributed by atoms with E-state index in [0.29, 0.717) is 11.6 Å². The number of hydrogen-bond acceptors (Lipinski definition) is 4. The van der Waals surface area contributed by atoms with Gasteiger partial charge in [-0.05, 0) is 29.1 Å². The van der Waals surface area contributed by atoms with E-state index in [1.165, 1.54) is 12.1 Å². The lowest BCUT2D eigenvalue weighted by Crippen LogP contribution is -2.13. The Morgan fingerprint density at radius 3 is 2.81 bits per heavy atom. The lowest BCUT2D eigenvalue weighted by molar-refractivity contribution is -0.115. The third kappa shape index (κ3) is 3.35. The maximum absolute atomic E-state index is 12.8. The molecule has 0 fully saturated rings. The number of nitrogens with zero attached hydrogens (tertiary/aromatic N) is 1. The van der Waals surface area contributed by atoms with Gasteiger partial charge in [0.05, 0.1) is 11.3 Å². The second-order valence-corrected chi connectivity index (χ2v) is 5.35. The summed E-state index contributed by atoms with van der Waals surface area (Å²) in [7, 11) is 0. The first-order chi connectivity index (χ1) is 10.2. The number of amides is 1. The largest absolute Gasteiger partial charge is 0.338 e. The summed E-state index contributed by atoms with van der Waals surface area (Å²) in [6.45, 7) is 0. The molecule has 0 saturated carbocycles. The number of carbonyl (C=O) groups is 1. The minimum absolute atomic E-state index is 0.148. The zero-order valence-corrected chi connectivity index (χ0v) is 11.7. The molecule has 1 N–H and O–H groups in total. The average molecular weight is 302 g/mol. The van der Waals surface area contributed by atoms with Crippen LogP contribution in [-0.2, 0) is 11.2 Å². The minimum atomic E-state index is -0.324. The standard InChI is InChI=1S/C15H11FN2O2S/c16-11-5-3-10(4-6-11)8-14(19)17-15-9-12(18-20-15)13-2-1-7-21-13/h1-7,9H,8H2,(H,17,19). The van der Waals surface area contributed by atoms with Crippen molar-refractivity contribution in [2.45, 2.75) is 6.42 Å². The highest BCUT2D eigenvalue weighted by Gasteiger charge is 2.10. The van der Waals surface area contributed by atoms with E-state index in [1.807, 2.05) is 17.5 Å². The molecule has 2 aromatic heterocycles. The van der Waals surface area contributed by atoms with Crippen LogP contribution in [0.25, 0.3) is 10.6 Å². The predicted octanol–water partition coefficient (Wildman–Crippen LogP) is 3.72. The predicted molar refractivity (Wildman–Crippen MR) is 78.5 cm³/mol. The molecular formula is C15H11FN2O2S. The van der Waals surface area contributed by atoms with Crippen LogP contribution >= 0.6 is 11.3 Å². The Morgan fingerprint density at radius 1 is 1.29 bits per heavy atom. The number of anilines is 1. The second-order valence-electron chi connectivity index (χ2n) is 4.41. The summed E-state index contributed by atoms with van der Waals surface area (Å²) in [5.74, 6) is -0.268. The molecule has 1 aromatic carbocycles. The smallest absolute Gasteiger partial charge is 0.231 e. The third-order valence-corrected chi connectivity index (χ3v) is 3.72. The molecule has 21 heavy (non-hydrogen) atoms. The van der Waals surface area contributed by atoms with Crippen molar-refractivity contribution in [3.63, 3.8) is 0 Å². The lowest BCUT2D eigenvalue weighted by atomic mass is 10.1. The Hall–Kier alpha value is -2.47. The maximum atomic E-state index is 12.8. The van der Waals surface area contributed by atoms with Crippen LogP contribution in [0.5, 0.6) is 0 Å². The summed E-state index contributed by atoms with van der Waals surface area (Å²) in [6.07, 6.45) is 0.148. The molecule has 0 aliphatic rings. The van der Waals surface area contributed by atoms with Gasteiger partial charge in [-0.3, -0.25) is 10.1 Å². The molecule has 3 rings (SSSR count). The van der Waals surface area contributed by atoms with Gasteiger partial charge in [0.25, 0.3) is 0 Å². The molecular weight excluding hydrogens is 291 g/mol. The number of halogens is 1. The third-order valence-electron chi connectivity index (χ3n) is 2.82.